The summed E-state index contributed by atoms with van der Waals surface area (Å²) in [4.78, 5) is 16.8. The highest BCUT2D eigenvalue weighted by atomic mass is 16.1. The third-order valence-electron chi connectivity index (χ3n) is 4.07. The van der Waals surface area contributed by atoms with Gasteiger partial charge in [0.1, 0.15) is 0 Å². The molecule has 0 atom stereocenters. The predicted octanol–water partition coefficient (Wildman–Crippen LogP) is 4.87. The quantitative estimate of drug-likeness (QED) is 0.746. The molecule has 24 heavy (non-hydrogen) atoms. The Morgan fingerprint density at radius 1 is 1.00 bits per heavy atom. The van der Waals surface area contributed by atoms with E-state index in [2.05, 4.69) is 30.2 Å². The number of nitrogens with zero attached hydrogens (tertiary/aromatic N) is 1. The molecule has 3 rings (SSSR count). The van der Waals surface area contributed by atoms with Gasteiger partial charge in [0, 0.05) is 17.4 Å². The second-order valence-electron chi connectivity index (χ2n) is 5.75. The normalized spacial score (nSPS) is 10.4. The van der Waals surface area contributed by atoms with Gasteiger partial charge in [-0.2, -0.15) is 0 Å². The molecule has 3 heteroatoms. The van der Waals surface area contributed by atoms with E-state index >= 15 is 0 Å². The van der Waals surface area contributed by atoms with Crippen LogP contribution in [0, 0.1) is 6.92 Å². The molecule has 0 radical (unpaired) electrons. The van der Waals surface area contributed by atoms with Gasteiger partial charge < -0.3 is 5.32 Å². The molecule has 2 aromatic carbocycles. The highest BCUT2D eigenvalue weighted by molar-refractivity contribution is 6.04. The van der Waals surface area contributed by atoms with Crippen LogP contribution in [0.5, 0.6) is 0 Å². The fourth-order valence-electron chi connectivity index (χ4n) is 2.57. The molecule has 3 aromatic rings. The van der Waals surface area contributed by atoms with E-state index in [1.54, 1.807) is 6.20 Å². The largest absolute Gasteiger partial charge is 0.322 e. The number of amides is 1. The molecular formula is C21H20N2O. The predicted molar refractivity (Wildman–Crippen MR) is 98.2 cm³/mol. The van der Waals surface area contributed by atoms with Crippen LogP contribution in [0.3, 0.4) is 0 Å². The lowest BCUT2D eigenvalue weighted by Gasteiger charge is -2.08. The third-order valence-corrected chi connectivity index (χ3v) is 4.07. The average molecular weight is 316 g/mol. The molecule has 0 fully saturated rings. The van der Waals surface area contributed by atoms with Crippen molar-refractivity contribution < 1.29 is 4.79 Å². The monoisotopic (exact) mass is 316 g/mol. The third kappa shape index (κ3) is 3.51. The Bertz CT molecular complexity index is 836. The van der Waals surface area contributed by atoms with Gasteiger partial charge in [0.2, 0.25) is 0 Å². The maximum Gasteiger partial charge on any atom is 0.257 e. The number of aryl methyl sites for hydroxylation is 2. The lowest BCUT2D eigenvalue weighted by atomic mass is 10.0. The first kappa shape index (κ1) is 15.9. The van der Waals surface area contributed by atoms with Gasteiger partial charge in [-0.1, -0.05) is 43.3 Å². The molecule has 0 aliphatic heterocycles. The summed E-state index contributed by atoms with van der Waals surface area (Å²) < 4.78 is 0. The Morgan fingerprint density at radius 2 is 1.75 bits per heavy atom. The van der Waals surface area contributed by atoms with Gasteiger partial charge in [-0.15, -0.1) is 0 Å². The Kier molecular flexibility index (Phi) is 4.71. The standard InChI is InChI=1S/C21H20N2O/c1-3-16-8-11-18(12-9-16)23-21(24)17-10-13-20(22-14-17)19-7-5-4-6-15(19)2/h4-14H,3H2,1-2H3,(H,23,24). The summed E-state index contributed by atoms with van der Waals surface area (Å²) in [5.41, 5.74) is 5.71. The van der Waals surface area contributed by atoms with Crippen molar-refractivity contribution in [2.75, 3.05) is 5.32 Å². The summed E-state index contributed by atoms with van der Waals surface area (Å²) in [6, 6.07) is 19.7. The first-order valence-electron chi connectivity index (χ1n) is 8.09. The number of hydrogen-bond acceptors (Lipinski definition) is 2. The molecular weight excluding hydrogens is 296 g/mol. The summed E-state index contributed by atoms with van der Waals surface area (Å²) in [7, 11) is 0. The van der Waals surface area contributed by atoms with E-state index in [1.807, 2.05) is 54.6 Å². The summed E-state index contributed by atoms with van der Waals surface area (Å²) in [6.07, 6.45) is 2.61. The van der Waals surface area contributed by atoms with E-state index in [9.17, 15) is 4.79 Å². The lowest BCUT2D eigenvalue weighted by Crippen LogP contribution is -2.12. The summed E-state index contributed by atoms with van der Waals surface area (Å²) in [6.45, 7) is 4.16. The zero-order chi connectivity index (χ0) is 16.9. The van der Waals surface area contributed by atoms with Crippen molar-refractivity contribution in [3.05, 3.63) is 83.6 Å². The minimum absolute atomic E-state index is 0.150. The van der Waals surface area contributed by atoms with E-state index in [4.69, 9.17) is 0 Å². The van der Waals surface area contributed by atoms with Crippen LogP contribution >= 0.6 is 0 Å². The second kappa shape index (κ2) is 7.09. The Balaban J connectivity index is 1.75. The molecule has 3 nitrogen and oxygen atoms in total. The van der Waals surface area contributed by atoms with Crippen molar-refractivity contribution in [3.8, 4) is 11.3 Å². The number of pyridine rings is 1. The number of anilines is 1. The van der Waals surface area contributed by atoms with Crippen molar-refractivity contribution in [1.29, 1.82) is 0 Å². The van der Waals surface area contributed by atoms with Crippen LogP contribution < -0.4 is 5.32 Å². The van der Waals surface area contributed by atoms with Crippen LogP contribution in [0.25, 0.3) is 11.3 Å². The summed E-state index contributed by atoms with van der Waals surface area (Å²) >= 11 is 0. The summed E-state index contributed by atoms with van der Waals surface area (Å²) in [5.74, 6) is -0.150. The molecule has 0 saturated carbocycles. The average Bonchev–Trinajstić information content (AvgIpc) is 2.63. The Morgan fingerprint density at radius 3 is 2.38 bits per heavy atom. The van der Waals surface area contributed by atoms with E-state index in [1.165, 1.54) is 11.1 Å². The number of hydrogen-bond donors (Lipinski definition) is 1. The van der Waals surface area contributed by atoms with E-state index in [-0.39, 0.29) is 5.91 Å². The maximum atomic E-state index is 12.3. The number of carbonyl (C=O) groups is 1. The van der Waals surface area contributed by atoms with Crippen LogP contribution in [0.4, 0.5) is 5.69 Å². The Hall–Kier alpha value is -2.94. The minimum Gasteiger partial charge on any atom is -0.322 e. The van der Waals surface area contributed by atoms with E-state index in [0.29, 0.717) is 5.56 Å². The molecule has 0 aliphatic rings. The molecule has 0 saturated heterocycles. The number of nitrogens with one attached hydrogen (secondary N) is 1. The fourth-order valence-corrected chi connectivity index (χ4v) is 2.57. The molecule has 0 bridgehead atoms. The van der Waals surface area contributed by atoms with Crippen molar-refractivity contribution >= 4 is 11.6 Å². The van der Waals surface area contributed by atoms with E-state index in [0.717, 1.165) is 23.4 Å². The molecule has 1 heterocycles. The zero-order valence-electron chi connectivity index (χ0n) is 13.9. The van der Waals surface area contributed by atoms with Crippen LogP contribution in [0.15, 0.2) is 66.9 Å². The maximum absolute atomic E-state index is 12.3. The van der Waals surface area contributed by atoms with Crippen LogP contribution in [0.1, 0.15) is 28.4 Å². The number of aromatic nitrogens is 1. The molecule has 0 unspecified atom stereocenters. The molecule has 0 aliphatic carbocycles. The highest BCUT2D eigenvalue weighted by Gasteiger charge is 2.08. The van der Waals surface area contributed by atoms with E-state index < -0.39 is 0 Å². The van der Waals surface area contributed by atoms with Crippen LogP contribution in [-0.2, 0) is 6.42 Å². The van der Waals surface area contributed by atoms with Crippen molar-refractivity contribution in [3.63, 3.8) is 0 Å². The van der Waals surface area contributed by atoms with Gasteiger partial charge in [-0.25, -0.2) is 0 Å². The van der Waals surface area contributed by atoms with Gasteiger partial charge in [0.15, 0.2) is 0 Å². The number of carbonyl (C=O) groups excluding carboxylic acids is 1. The van der Waals surface area contributed by atoms with Gasteiger partial charge >= 0.3 is 0 Å². The first-order chi connectivity index (χ1) is 11.7. The van der Waals surface area contributed by atoms with Gasteiger partial charge in [-0.05, 0) is 48.7 Å². The second-order valence-corrected chi connectivity index (χ2v) is 5.75. The van der Waals surface area contributed by atoms with Crippen LogP contribution in [0.2, 0.25) is 0 Å². The fraction of sp³-hybridized carbons (Fsp3) is 0.143. The smallest absolute Gasteiger partial charge is 0.257 e. The SMILES string of the molecule is CCc1ccc(NC(=O)c2ccc(-c3ccccc3C)nc2)cc1. The van der Waals surface area contributed by atoms with Crippen LogP contribution in [-0.4, -0.2) is 10.9 Å². The van der Waals surface area contributed by atoms with Crippen molar-refractivity contribution in [2.24, 2.45) is 0 Å². The zero-order valence-corrected chi connectivity index (χ0v) is 13.9. The lowest BCUT2D eigenvalue weighted by molar-refractivity contribution is 0.102. The molecule has 120 valence electrons. The number of benzene rings is 2. The van der Waals surface area contributed by atoms with Crippen molar-refractivity contribution in [2.45, 2.75) is 20.3 Å². The highest BCUT2D eigenvalue weighted by Crippen LogP contribution is 2.21. The molecule has 1 aromatic heterocycles. The van der Waals surface area contributed by atoms with Crippen molar-refractivity contribution in [1.82, 2.24) is 4.98 Å². The topological polar surface area (TPSA) is 42.0 Å². The van der Waals surface area contributed by atoms with Gasteiger partial charge in [-0.3, -0.25) is 9.78 Å². The van der Waals surface area contributed by atoms with Gasteiger partial charge in [0.25, 0.3) is 5.91 Å². The molecule has 0 spiro atoms. The molecule has 1 amide bonds. The first-order valence-corrected chi connectivity index (χ1v) is 8.09. The minimum atomic E-state index is -0.150. The number of rotatable bonds is 4. The Labute approximate surface area is 142 Å². The summed E-state index contributed by atoms with van der Waals surface area (Å²) in [5, 5.41) is 2.90. The molecule has 1 N–H and O–H groups in total. The van der Waals surface area contributed by atoms with Gasteiger partial charge in [0.05, 0.1) is 11.3 Å².